The Bertz CT molecular complexity index is 978. The summed E-state index contributed by atoms with van der Waals surface area (Å²) >= 11 is 0. The van der Waals surface area contributed by atoms with Crippen molar-refractivity contribution in [1.29, 1.82) is 0 Å². The Kier molecular flexibility index (Phi) is 7.80. The van der Waals surface area contributed by atoms with Crippen LogP contribution in [0.2, 0.25) is 0 Å². The second kappa shape index (κ2) is 11.0. The van der Waals surface area contributed by atoms with Crippen LogP contribution in [-0.4, -0.2) is 52.6 Å². The number of rotatable bonds is 5. The fraction of sp³-hybridized carbons (Fsp3) is 0.600. The Hall–Kier alpha value is -2.97. The van der Waals surface area contributed by atoms with Gasteiger partial charge < -0.3 is 19.5 Å². The van der Waals surface area contributed by atoms with E-state index in [1.165, 1.54) is 24.3 Å². The molecule has 1 aromatic heterocycles. The topological polar surface area (TPSA) is 97.6 Å². The predicted molar refractivity (Wildman–Crippen MR) is 123 cm³/mol. The molecule has 3 atom stereocenters. The number of aromatic nitrogens is 2. The van der Waals surface area contributed by atoms with Gasteiger partial charge in [0, 0.05) is 31.0 Å². The van der Waals surface area contributed by atoms with Gasteiger partial charge in [0.2, 0.25) is 11.8 Å². The summed E-state index contributed by atoms with van der Waals surface area (Å²) in [6, 6.07) is 5.32. The lowest BCUT2D eigenvalue weighted by atomic mass is 10.00. The largest absolute Gasteiger partial charge is 0.484 e. The van der Waals surface area contributed by atoms with Crippen molar-refractivity contribution in [2.45, 2.75) is 70.3 Å². The van der Waals surface area contributed by atoms with Crippen molar-refractivity contribution < 1.29 is 23.2 Å². The second-order valence-electron chi connectivity index (χ2n) is 9.52. The first-order valence-electron chi connectivity index (χ1n) is 12.2. The molecule has 2 aromatic rings. The minimum Gasteiger partial charge on any atom is -0.484 e. The molecule has 2 amide bonds. The van der Waals surface area contributed by atoms with Crippen molar-refractivity contribution in [2.24, 2.45) is 5.92 Å². The zero-order valence-electron chi connectivity index (χ0n) is 19.8. The summed E-state index contributed by atoms with van der Waals surface area (Å²) < 4.78 is 24.4. The first-order chi connectivity index (χ1) is 16.4. The lowest BCUT2D eigenvalue weighted by Gasteiger charge is -2.32. The summed E-state index contributed by atoms with van der Waals surface area (Å²) in [6.07, 6.45) is 4.92. The summed E-state index contributed by atoms with van der Waals surface area (Å²) in [4.78, 5) is 32.8. The van der Waals surface area contributed by atoms with E-state index in [0.29, 0.717) is 43.4 Å². The Balaban J connectivity index is 1.53. The third-order valence-corrected chi connectivity index (χ3v) is 6.71. The fourth-order valence-corrected chi connectivity index (χ4v) is 4.83. The van der Waals surface area contributed by atoms with Crippen molar-refractivity contribution in [3.8, 4) is 5.75 Å². The molecule has 8 nitrogen and oxygen atoms in total. The van der Waals surface area contributed by atoms with Gasteiger partial charge in [0.25, 0.3) is 5.91 Å². The zero-order valence-corrected chi connectivity index (χ0v) is 19.8. The molecule has 2 aliphatic rings. The van der Waals surface area contributed by atoms with E-state index in [2.05, 4.69) is 15.5 Å². The molecule has 0 spiro atoms. The quantitative estimate of drug-likeness (QED) is 0.711. The molecular weight excluding hydrogens is 439 g/mol. The zero-order chi connectivity index (χ0) is 24.1. The summed E-state index contributed by atoms with van der Waals surface area (Å²) in [5, 5.41) is 7.14. The number of nitrogens with zero attached hydrogens (tertiary/aromatic N) is 3. The number of hydrogen-bond donors (Lipinski definition) is 1. The number of carbonyl (C=O) groups excluding carboxylic acids is 2. The molecule has 184 valence electrons. The molecule has 9 heteroatoms. The molecule has 0 unspecified atom stereocenters. The van der Waals surface area contributed by atoms with Crippen LogP contribution >= 0.6 is 0 Å². The van der Waals surface area contributed by atoms with Crippen molar-refractivity contribution in [1.82, 2.24) is 20.4 Å². The molecule has 2 heterocycles. The SMILES string of the molecule is CC(C)c1noc([C@@H]2C[C@H]3C(=O)NCCCCCCN(C(=O)COc4ccc(F)cc4)[C@H]3C2)n1. The van der Waals surface area contributed by atoms with Gasteiger partial charge in [0.15, 0.2) is 12.4 Å². The van der Waals surface area contributed by atoms with E-state index < -0.39 is 0 Å². The highest BCUT2D eigenvalue weighted by atomic mass is 19.1. The van der Waals surface area contributed by atoms with Crippen LogP contribution in [0.5, 0.6) is 5.75 Å². The number of amides is 2. The standard InChI is InChI=1S/C25H33FN4O4/c1-16(2)23-28-25(34-29-23)17-13-20-21(14-17)30(12-6-4-3-5-11-27-24(20)32)22(31)15-33-19-9-7-18(26)8-10-19/h7-10,16-17,20-21H,3-6,11-15H2,1-2H3,(H,27,32)/t17-,20-,21+/m1/s1. The summed E-state index contributed by atoms with van der Waals surface area (Å²) in [6.45, 7) is 5.05. The fourth-order valence-electron chi connectivity index (χ4n) is 4.83. The van der Waals surface area contributed by atoms with Crippen LogP contribution in [0.3, 0.4) is 0 Å². The van der Waals surface area contributed by atoms with Crippen molar-refractivity contribution in [2.75, 3.05) is 19.7 Å². The van der Waals surface area contributed by atoms with Crippen molar-refractivity contribution in [3.63, 3.8) is 0 Å². The first kappa shape index (κ1) is 24.2. The minimum absolute atomic E-state index is 0.0322. The number of halogens is 1. The Morgan fingerprint density at radius 3 is 2.71 bits per heavy atom. The van der Waals surface area contributed by atoms with Gasteiger partial charge in [0.05, 0.1) is 5.92 Å². The molecule has 1 aromatic carbocycles. The highest BCUT2D eigenvalue weighted by molar-refractivity contribution is 5.83. The molecule has 1 saturated heterocycles. The van der Waals surface area contributed by atoms with Gasteiger partial charge in [-0.25, -0.2) is 4.39 Å². The lowest BCUT2D eigenvalue weighted by Crippen LogP contribution is -2.48. The highest BCUT2D eigenvalue weighted by Gasteiger charge is 2.45. The number of benzene rings is 1. The maximum absolute atomic E-state index is 13.3. The number of ether oxygens (including phenoxy) is 1. The Morgan fingerprint density at radius 2 is 1.97 bits per heavy atom. The van der Waals surface area contributed by atoms with Crippen LogP contribution in [-0.2, 0) is 9.59 Å². The number of carbonyl (C=O) groups is 2. The van der Waals surface area contributed by atoms with Gasteiger partial charge in [-0.15, -0.1) is 0 Å². The molecular formula is C25H33FN4O4. The first-order valence-corrected chi connectivity index (χ1v) is 12.2. The average Bonchev–Trinajstić information content (AvgIpc) is 3.47. The van der Waals surface area contributed by atoms with Gasteiger partial charge in [-0.1, -0.05) is 31.8 Å². The number of hydrogen-bond acceptors (Lipinski definition) is 6. The molecule has 1 aliphatic heterocycles. The van der Waals surface area contributed by atoms with E-state index in [-0.39, 0.29) is 48.0 Å². The van der Waals surface area contributed by atoms with Crippen LogP contribution in [0.4, 0.5) is 4.39 Å². The average molecular weight is 473 g/mol. The summed E-state index contributed by atoms with van der Waals surface area (Å²) in [7, 11) is 0. The van der Waals surface area contributed by atoms with Gasteiger partial charge in [-0.2, -0.15) is 4.98 Å². The van der Waals surface area contributed by atoms with Crippen LogP contribution in [0.15, 0.2) is 28.8 Å². The monoisotopic (exact) mass is 472 g/mol. The van der Waals surface area contributed by atoms with Gasteiger partial charge in [0.1, 0.15) is 11.6 Å². The predicted octanol–water partition coefficient (Wildman–Crippen LogP) is 3.79. The number of nitrogens with one attached hydrogen (secondary N) is 1. The molecule has 1 N–H and O–H groups in total. The van der Waals surface area contributed by atoms with Crippen LogP contribution in [0.25, 0.3) is 0 Å². The van der Waals surface area contributed by atoms with E-state index in [1.54, 1.807) is 4.90 Å². The van der Waals surface area contributed by atoms with E-state index in [9.17, 15) is 14.0 Å². The summed E-state index contributed by atoms with van der Waals surface area (Å²) in [5.41, 5.74) is 0. The van der Waals surface area contributed by atoms with E-state index >= 15 is 0 Å². The normalized spacial score (nSPS) is 23.8. The molecule has 4 rings (SSSR count). The summed E-state index contributed by atoms with van der Waals surface area (Å²) in [5.74, 6) is 0.741. The van der Waals surface area contributed by atoms with Crippen molar-refractivity contribution >= 4 is 11.8 Å². The highest BCUT2D eigenvalue weighted by Crippen LogP contribution is 2.41. The van der Waals surface area contributed by atoms with E-state index in [1.807, 2.05) is 13.8 Å². The molecule has 0 radical (unpaired) electrons. The maximum Gasteiger partial charge on any atom is 0.260 e. The smallest absolute Gasteiger partial charge is 0.260 e. The molecule has 1 saturated carbocycles. The van der Waals surface area contributed by atoms with Crippen LogP contribution in [0, 0.1) is 11.7 Å². The Labute approximate surface area is 199 Å². The molecule has 1 aliphatic carbocycles. The third kappa shape index (κ3) is 5.74. The van der Waals surface area contributed by atoms with Crippen LogP contribution in [0.1, 0.15) is 75.9 Å². The molecule has 34 heavy (non-hydrogen) atoms. The van der Waals surface area contributed by atoms with Gasteiger partial charge >= 0.3 is 0 Å². The van der Waals surface area contributed by atoms with E-state index in [0.717, 1.165) is 25.7 Å². The van der Waals surface area contributed by atoms with E-state index in [4.69, 9.17) is 9.26 Å². The number of fused-ring (bicyclic) bond motifs is 1. The lowest BCUT2D eigenvalue weighted by molar-refractivity contribution is -0.138. The third-order valence-electron chi connectivity index (χ3n) is 6.71. The minimum atomic E-state index is -0.363. The molecule has 0 bridgehead atoms. The van der Waals surface area contributed by atoms with Crippen LogP contribution < -0.4 is 10.1 Å². The second-order valence-corrected chi connectivity index (χ2v) is 9.52. The Morgan fingerprint density at radius 1 is 1.21 bits per heavy atom. The van der Waals surface area contributed by atoms with Gasteiger partial charge in [-0.05, 0) is 49.9 Å². The molecule has 2 fully saturated rings. The van der Waals surface area contributed by atoms with Crippen molar-refractivity contribution in [3.05, 3.63) is 41.8 Å². The van der Waals surface area contributed by atoms with Gasteiger partial charge in [-0.3, -0.25) is 9.59 Å². The maximum atomic E-state index is 13.3.